The Morgan fingerprint density at radius 1 is 1.31 bits per heavy atom. The van der Waals surface area contributed by atoms with Gasteiger partial charge in [0.1, 0.15) is 12.3 Å². The minimum absolute atomic E-state index is 0.0545. The molecule has 1 aromatic heterocycles. The third-order valence-electron chi connectivity index (χ3n) is 5.15. The van der Waals surface area contributed by atoms with Crippen molar-refractivity contribution in [1.82, 2.24) is 0 Å². The number of fused-ring (bicyclic) bond motifs is 1. The van der Waals surface area contributed by atoms with Crippen LogP contribution >= 0.6 is 0 Å². The molecule has 0 spiro atoms. The number of ketones is 2. The predicted molar refractivity (Wildman–Crippen MR) is 99.8 cm³/mol. The third kappa shape index (κ3) is 3.69. The number of methoxy groups -OCH3 is 1. The van der Waals surface area contributed by atoms with Gasteiger partial charge in [-0.25, -0.2) is 4.57 Å². The van der Waals surface area contributed by atoms with Crippen LogP contribution in [0.3, 0.4) is 0 Å². The monoisotopic (exact) mass is 352 g/mol. The van der Waals surface area contributed by atoms with Gasteiger partial charge in [0.2, 0.25) is 0 Å². The van der Waals surface area contributed by atoms with Crippen molar-refractivity contribution in [3.63, 3.8) is 0 Å². The molecule has 0 saturated carbocycles. The molecular formula is C22H26NO3+. The van der Waals surface area contributed by atoms with E-state index in [1.807, 2.05) is 41.2 Å². The standard InChI is InChI=1S/C22H26NO3/c1-4-10-23-11-9-17(21(14-23)15(2)24)12-18-6-5-16-13-19(26-3)7-8-20(16)22(18)25/h7-9,11,13-14,18H,4-6,10,12H2,1-3H3/q+1. The van der Waals surface area contributed by atoms with Crippen LogP contribution in [-0.2, 0) is 19.4 Å². The number of hydrogen-bond acceptors (Lipinski definition) is 3. The van der Waals surface area contributed by atoms with Gasteiger partial charge in [-0.3, -0.25) is 9.59 Å². The van der Waals surface area contributed by atoms with Crippen molar-refractivity contribution in [2.75, 3.05) is 7.11 Å². The van der Waals surface area contributed by atoms with Gasteiger partial charge in [0.15, 0.2) is 24.0 Å². The summed E-state index contributed by atoms with van der Waals surface area (Å²) in [4.78, 5) is 25.0. The molecular weight excluding hydrogens is 326 g/mol. The number of aromatic nitrogens is 1. The highest BCUT2D eigenvalue weighted by atomic mass is 16.5. The van der Waals surface area contributed by atoms with Crippen LogP contribution in [0.25, 0.3) is 0 Å². The highest BCUT2D eigenvalue weighted by Gasteiger charge is 2.29. The zero-order valence-corrected chi connectivity index (χ0v) is 15.7. The number of aryl methyl sites for hydroxylation is 2. The summed E-state index contributed by atoms with van der Waals surface area (Å²) in [5, 5.41) is 0. The van der Waals surface area contributed by atoms with Crippen LogP contribution in [0.1, 0.15) is 58.5 Å². The van der Waals surface area contributed by atoms with Crippen molar-refractivity contribution >= 4 is 11.6 Å². The number of ether oxygens (including phenoxy) is 1. The van der Waals surface area contributed by atoms with Crippen molar-refractivity contribution in [1.29, 1.82) is 0 Å². The highest BCUT2D eigenvalue weighted by Crippen LogP contribution is 2.31. The first-order valence-corrected chi connectivity index (χ1v) is 9.27. The maximum absolute atomic E-state index is 12.9. The van der Waals surface area contributed by atoms with Gasteiger partial charge in [0.05, 0.1) is 12.7 Å². The fourth-order valence-corrected chi connectivity index (χ4v) is 3.74. The molecule has 0 bridgehead atoms. The molecule has 1 heterocycles. The number of carbonyl (C=O) groups is 2. The number of rotatable bonds is 6. The van der Waals surface area contributed by atoms with E-state index in [2.05, 4.69) is 6.92 Å². The molecule has 0 amide bonds. The van der Waals surface area contributed by atoms with E-state index < -0.39 is 0 Å². The minimum atomic E-state index is -0.0731. The molecule has 0 radical (unpaired) electrons. The summed E-state index contributed by atoms with van der Waals surface area (Å²) in [6, 6.07) is 7.68. The molecule has 1 aliphatic carbocycles. The van der Waals surface area contributed by atoms with Crippen molar-refractivity contribution in [2.24, 2.45) is 5.92 Å². The van der Waals surface area contributed by atoms with Gasteiger partial charge in [0.25, 0.3) is 0 Å². The topological polar surface area (TPSA) is 47.2 Å². The van der Waals surface area contributed by atoms with Crippen LogP contribution in [0.4, 0.5) is 0 Å². The Bertz CT molecular complexity index is 841. The molecule has 1 atom stereocenters. The van der Waals surface area contributed by atoms with Crippen LogP contribution in [0, 0.1) is 5.92 Å². The summed E-state index contributed by atoms with van der Waals surface area (Å²) in [6.45, 7) is 4.60. The molecule has 26 heavy (non-hydrogen) atoms. The third-order valence-corrected chi connectivity index (χ3v) is 5.15. The maximum atomic E-state index is 12.9. The van der Waals surface area contributed by atoms with Gasteiger partial charge in [-0.2, -0.15) is 0 Å². The fourth-order valence-electron chi connectivity index (χ4n) is 3.74. The molecule has 136 valence electrons. The normalized spacial score (nSPS) is 16.3. The largest absolute Gasteiger partial charge is 0.497 e. The summed E-state index contributed by atoms with van der Waals surface area (Å²) in [5.74, 6) is 0.945. The molecule has 0 saturated heterocycles. The Kier molecular flexibility index (Phi) is 5.50. The van der Waals surface area contributed by atoms with E-state index in [-0.39, 0.29) is 17.5 Å². The number of pyridine rings is 1. The minimum Gasteiger partial charge on any atom is -0.497 e. The lowest BCUT2D eigenvalue weighted by atomic mass is 9.79. The Balaban J connectivity index is 1.85. The summed E-state index contributed by atoms with van der Waals surface area (Å²) in [7, 11) is 1.64. The zero-order valence-electron chi connectivity index (χ0n) is 15.7. The van der Waals surface area contributed by atoms with Crippen molar-refractivity contribution in [3.8, 4) is 5.75 Å². The number of benzene rings is 1. The lowest BCUT2D eigenvalue weighted by molar-refractivity contribution is -0.697. The van der Waals surface area contributed by atoms with Crippen LogP contribution in [0.2, 0.25) is 0 Å². The number of carbonyl (C=O) groups excluding carboxylic acids is 2. The first-order chi connectivity index (χ1) is 12.5. The average molecular weight is 352 g/mol. The molecule has 0 aliphatic heterocycles. The van der Waals surface area contributed by atoms with E-state index in [0.717, 1.165) is 53.8 Å². The van der Waals surface area contributed by atoms with Crippen molar-refractivity contribution in [3.05, 3.63) is 58.9 Å². The quantitative estimate of drug-likeness (QED) is 0.590. The van der Waals surface area contributed by atoms with E-state index in [4.69, 9.17) is 4.74 Å². The van der Waals surface area contributed by atoms with Gasteiger partial charge in [-0.05, 0) is 55.5 Å². The summed E-state index contributed by atoms with van der Waals surface area (Å²) in [5.41, 5.74) is 3.56. The molecule has 3 rings (SSSR count). The molecule has 1 aliphatic rings. The molecule has 4 heteroatoms. The second-order valence-electron chi connectivity index (χ2n) is 7.00. The van der Waals surface area contributed by atoms with Gasteiger partial charge in [0, 0.05) is 24.0 Å². The Morgan fingerprint density at radius 2 is 2.12 bits per heavy atom. The number of Topliss-reactive ketones (excluding diaryl/α,β-unsaturated/α-hetero) is 2. The highest BCUT2D eigenvalue weighted by molar-refractivity contribution is 6.01. The molecule has 0 fully saturated rings. The Hall–Kier alpha value is -2.49. The molecule has 1 aromatic carbocycles. The summed E-state index contributed by atoms with van der Waals surface area (Å²) >= 11 is 0. The van der Waals surface area contributed by atoms with Crippen molar-refractivity contribution in [2.45, 2.75) is 46.1 Å². The first-order valence-electron chi connectivity index (χ1n) is 9.27. The van der Waals surface area contributed by atoms with E-state index in [0.29, 0.717) is 6.42 Å². The number of hydrogen-bond donors (Lipinski definition) is 0. The average Bonchev–Trinajstić information content (AvgIpc) is 2.64. The van der Waals surface area contributed by atoms with E-state index in [1.54, 1.807) is 14.0 Å². The SMILES string of the molecule is CCC[n+]1ccc(CC2CCc3cc(OC)ccc3C2=O)c(C(C)=O)c1. The van der Waals surface area contributed by atoms with Crippen LogP contribution in [-0.4, -0.2) is 18.7 Å². The predicted octanol–water partition coefficient (Wildman–Crippen LogP) is 3.58. The first kappa shape index (κ1) is 18.3. The van der Waals surface area contributed by atoms with E-state index >= 15 is 0 Å². The lowest BCUT2D eigenvalue weighted by Crippen LogP contribution is -2.34. The summed E-state index contributed by atoms with van der Waals surface area (Å²) < 4.78 is 7.31. The van der Waals surface area contributed by atoms with Crippen LogP contribution in [0.15, 0.2) is 36.7 Å². The lowest BCUT2D eigenvalue weighted by Gasteiger charge is -2.24. The van der Waals surface area contributed by atoms with E-state index in [9.17, 15) is 9.59 Å². The van der Waals surface area contributed by atoms with Gasteiger partial charge < -0.3 is 4.74 Å². The van der Waals surface area contributed by atoms with Crippen LogP contribution in [0.5, 0.6) is 5.75 Å². The molecule has 1 unspecified atom stereocenters. The zero-order chi connectivity index (χ0) is 18.7. The molecule has 4 nitrogen and oxygen atoms in total. The van der Waals surface area contributed by atoms with Gasteiger partial charge >= 0.3 is 0 Å². The second kappa shape index (κ2) is 7.81. The number of nitrogens with zero attached hydrogens (tertiary/aromatic N) is 1. The smallest absolute Gasteiger partial charge is 0.179 e. The second-order valence-corrected chi connectivity index (χ2v) is 7.00. The van der Waals surface area contributed by atoms with Gasteiger partial charge in [-0.1, -0.05) is 6.92 Å². The molecule has 0 N–H and O–H groups in total. The van der Waals surface area contributed by atoms with E-state index in [1.165, 1.54) is 0 Å². The Labute approximate surface area is 154 Å². The maximum Gasteiger partial charge on any atom is 0.179 e. The van der Waals surface area contributed by atoms with Crippen molar-refractivity contribution < 1.29 is 18.9 Å². The Morgan fingerprint density at radius 3 is 2.81 bits per heavy atom. The fraction of sp³-hybridized carbons (Fsp3) is 0.409. The molecule has 2 aromatic rings. The van der Waals surface area contributed by atoms with Gasteiger partial charge in [-0.15, -0.1) is 0 Å². The summed E-state index contributed by atoms with van der Waals surface area (Å²) in [6.07, 6.45) is 7.24. The van der Waals surface area contributed by atoms with Crippen LogP contribution < -0.4 is 9.30 Å².